The lowest BCUT2D eigenvalue weighted by molar-refractivity contribution is 0.0943. The Bertz CT molecular complexity index is 984. The van der Waals surface area contributed by atoms with Gasteiger partial charge in [-0.15, -0.1) is 0 Å². The van der Waals surface area contributed by atoms with E-state index < -0.39 is 9.84 Å². The minimum atomic E-state index is -3.23. The van der Waals surface area contributed by atoms with Crippen LogP contribution >= 0.6 is 11.6 Å². The molecule has 1 aliphatic carbocycles. The van der Waals surface area contributed by atoms with Crippen LogP contribution in [0, 0.1) is 5.41 Å². The van der Waals surface area contributed by atoms with Gasteiger partial charge in [0.1, 0.15) is 5.75 Å². The van der Waals surface area contributed by atoms with Gasteiger partial charge in [-0.05, 0) is 41.3 Å². The van der Waals surface area contributed by atoms with Crippen LogP contribution in [0.3, 0.4) is 0 Å². The highest BCUT2D eigenvalue weighted by Gasteiger charge is 2.59. The van der Waals surface area contributed by atoms with Crippen LogP contribution in [-0.4, -0.2) is 33.7 Å². The average molecular weight is 408 g/mol. The lowest BCUT2D eigenvalue weighted by Crippen LogP contribution is -2.29. The number of halogens is 1. The normalized spacial score (nSPS) is 20.8. The standard InChI is InChI=1S/C20H22ClNO4S/c1-20(2)17(12-5-8-14(9-6-12)27(4,24)25)18(20)22-19(23)15-11-13(21)7-10-16(15)26-3/h5-11,17-18H,1-4H3,(H,22,23). The fourth-order valence-corrected chi connectivity index (χ4v) is 4.33. The summed E-state index contributed by atoms with van der Waals surface area (Å²) in [5, 5.41) is 3.52. The Hall–Kier alpha value is -2.05. The molecule has 7 heteroatoms. The molecule has 1 amide bonds. The molecule has 0 aromatic heterocycles. The lowest BCUT2D eigenvalue weighted by atomic mass is 10.0. The summed E-state index contributed by atoms with van der Waals surface area (Å²) >= 11 is 6.02. The molecule has 5 nitrogen and oxygen atoms in total. The molecule has 1 saturated carbocycles. The first-order valence-electron chi connectivity index (χ1n) is 8.50. The molecule has 144 valence electrons. The van der Waals surface area contributed by atoms with Gasteiger partial charge in [-0.1, -0.05) is 37.6 Å². The molecule has 0 bridgehead atoms. The largest absolute Gasteiger partial charge is 0.496 e. The van der Waals surface area contributed by atoms with Gasteiger partial charge in [0.25, 0.3) is 5.91 Å². The van der Waals surface area contributed by atoms with E-state index in [2.05, 4.69) is 19.2 Å². The predicted octanol–water partition coefficient (Wildman–Crippen LogP) is 3.67. The Morgan fingerprint density at radius 2 is 1.78 bits per heavy atom. The summed E-state index contributed by atoms with van der Waals surface area (Å²) in [4.78, 5) is 13.0. The van der Waals surface area contributed by atoms with E-state index in [4.69, 9.17) is 16.3 Å². The zero-order valence-corrected chi connectivity index (χ0v) is 17.2. The zero-order chi connectivity index (χ0) is 20.0. The van der Waals surface area contributed by atoms with E-state index in [0.29, 0.717) is 16.3 Å². The average Bonchev–Trinajstić information content (AvgIpc) is 3.14. The number of carbonyl (C=O) groups is 1. The molecule has 1 aliphatic rings. The van der Waals surface area contributed by atoms with E-state index in [1.165, 1.54) is 13.4 Å². The maximum Gasteiger partial charge on any atom is 0.255 e. The number of carbonyl (C=O) groups excluding carboxylic acids is 1. The van der Waals surface area contributed by atoms with E-state index in [1.54, 1.807) is 30.3 Å². The minimum Gasteiger partial charge on any atom is -0.496 e. The second-order valence-electron chi connectivity index (χ2n) is 7.44. The van der Waals surface area contributed by atoms with Crippen molar-refractivity contribution in [3.8, 4) is 5.75 Å². The van der Waals surface area contributed by atoms with E-state index in [1.807, 2.05) is 12.1 Å². The van der Waals surface area contributed by atoms with Crippen molar-refractivity contribution in [3.63, 3.8) is 0 Å². The number of hydrogen-bond donors (Lipinski definition) is 1. The van der Waals surface area contributed by atoms with Crippen molar-refractivity contribution in [2.75, 3.05) is 13.4 Å². The molecular formula is C20H22ClNO4S. The third-order valence-electron chi connectivity index (χ3n) is 5.19. The summed E-state index contributed by atoms with van der Waals surface area (Å²) in [6, 6.07) is 11.7. The van der Waals surface area contributed by atoms with Crippen LogP contribution in [0.25, 0.3) is 0 Å². The highest BCUT2D eigenvalue weighted by molar-refractivity contribution is 7.90. The molecular weight excluding hydrogens is 386 g/mol. The molecule has 1 fully saturated rings. The number of rotatable bonds is 5. The van der Waals surface area contributed by atoms with Crippen molar-refractivity contribution < 1.29 is 17.9 Å². The van der Waals surface area contributed by atoms with E-state index >= 15 is 0 Å². The molecule has 2 aromatic carbocycles. The number of nitrogens with one attached hydrogen (secondary N) is 1. The van der Waals surface area contributed by atoms with Gasteiger partial charge in [-0.2, -0.15) is 0 Å². The molecule has 0 aliphatic heterocycles. The van der Waals surface area contributed by atoms with Gasteiger partial charge in [-0.25, -0.2) is 8.42 Å². The van der Waals surface area contributed by atoms with Crippen LogP contribution < -0.4 is 10.1 Å². The second kappa shape index (κ2) is 6.84. The first-order chi connectivity index (χ1) is 12.6. The highest BCUT2D eigenvalue weighted by atomic mass is 35.5. The Labute approximate surface area is 164 Å². The highest BCUT2D eigenvalue weighted by Crippen LogP contribution is 2.58. The summed E-state index contributed by atoms with van der Waals surface area (Å²) in [5.74, 6) is 0.312. The van der Waals surface area contributed by atoms with Gasteiger partial charge in [0.2, 0.25) is 0 Å². The number of methoxy groups -OCH3 is 1. The third kappa shape index (κ3) is 3.82. The summed E-state index contributed by atoms with van der Waals surface area (Å²) in [6.07, 6.45) is 1.18. The molecule has 1 N–H and O–H groups in total. The Morgan fingerprint density at radius 1 is 1.15 bits per heavy atom. The first-order valence-corrected chi connectivity index (χ1v) is 10.8. The lowest BCUT2D eigenvalue weighted by Gasteiger charge is -2.10. The Kier molecular flexibility index (Phi) is 4.99. The van der Waals surface area contributed by atoms with Crippen molar-refractivity contribution in [1.29, 1.82) is 0 Å². The number of sulfone groups is 1. The molecule has 0 saturated heterocycles. The molecule has 2 aromatic rings. The summed E-state index contributed by atoms with van der Waals surface area (Å²) in [6.45, 7) is 4.14. The topological polar surface area (TPSA) is 72.5 Å². The summed E-state index contributed by atoms with van der Waals surface area (Å²) in [7, 11) is -1.72. The van der Waals surface area contributed by atoms with Crippen LogP contribution in [-0.2, 0) is 9.84 Å². The smallest absolute Gasteiger partial charge is 0.255 e. The maximum absolute atomic E-state index is 12.7. The van der Waals surface area contributed by atoms with Crippen molar-refractivity contribution in [1.82, 2.24) is 5.32 Å². The van der Waals surface area contributed by atoms with Gasteiger partial charge in [0.05, 0.1) is 17.6 Å². The number of ether oxygens (including phenoxy) is 1. The van der Waals surface area contributed by atoms with E-state index in [-0.39, 0.29) is 28.2 Å². The molecule has 0 spiro atoms. The van der Waals surface area contributed by atoms with Gasteiger partial charge in [0.15, 0.2) is 9.84 Å². The Morgan fingerprint density at radius 3 is 2.33 bits per heavy atom. The zero-order valence-electron chi connectivity index (χ0n) is 15.6. The predicted molar refractivity (Wildman–Crippen MR) is 105 cm³/mol. The van der Waals surface area contributed by atoms with Crippen molar-refractivity contribution in [3.05, 3.63) is 58.6 Å². The van der Waals surface area contributed by atoms with E-state index in [0.717, 1.165) is 5.56 Å². The van der Waals surface area contributed by atoms with Crippen LogP contribution in [0.4, 0.5) is 0 Å². The molecule has 0 radical (unpaired) electrons. The van der Waals surface area contributed by atoms with Gasteiger partial charge in [-0.3, -0.25) is 4.79 Å². The molecule has 0 heterocycles. The van der Waals surface area contributed by atoms with Gasteiger partial charge < -0.3 is 10.1 Å². The first kappa shape index (κ1) is 19.7. The SMILES string of the molecule is COc1ccc(Cl)cc1C(=O)NC1C(c2ccc(S(C)(=O)=O)cc2)C1(C)C. The molecule has 2 atom stereocenters. The van der Waals surface area contributed by atoms with Crippen molar-refractivity contribution >= 4 is 27.3 Å². The number of benzene rings is 2. The molecule has 2 unspecified atom stereocenters. The van der Waals surface area contributed by atoms with Gasteiger partial charge >= 0.3 is 0 Å². The van der Waals surface area contributed by atoms with Crippen LogP contribution in [0.1, 0.15) is 35.7 Å². The number of hydrogen-bond acceptors (Lipinski definition) is 4. The van der Waals surface area contributed by atoms with Crippen molar-refractivity contribution in [2.24, 2.45) is 5.41 Å². The fourth-order valence-electron chi connectivity index (χ4n) is 3.53. The maximum atomic E-state index is 12.7. The summed E-state index contributed by atoms with van der Waals surface area (Å²) < 4.78 is 28.5. The third-order valence-corrected chi connectivity index (χ3v) is 6.55. The number of amides is 1. The molecule has 27 heavy (non-hydrogen) atoms. The Balaban J connectivity index is 1.80. The van der Waals surface area contributed by atoms with Crippen LogP contribution in [0.5, 0.6) is 5.75 Å². The van der Waals surface area contributed by atoms with Crippen molar-refractivity contribution in [2.45, 2.75) is 30.7 Å². The van der Waals surface area contributed by atoms with Gasteiger partial charge in [0, 0.05) is 23.2 Å². The monoisotopic (exact) mass is 407 g/mol. The second-order valence-corrected chi connectivity index (χ2v) is 9.89. The van der Waals surface area contributed by atoms with E-state index in [9.17, 15) is 13.2 Å². The molecule has 3 rings (SSSR count). The quantitative estimate of drug-likeness (QED) is 0.820. The minimum absolute atomic E-state index is 0.0715. The van der Waals surface area contributed by atoms with Crippen LogP contribution in [0.15, 0.2) is 47.4 Å². The van der Waals surface area contributed by atoms with Crippen LogP contribution in [0.2, 0.25) is 5.02 Å². The fraction of sp³-hybridized carbons (Fsp3) is 0.350. The summed E-state index contributed by atoms with van der Waals surface area (Å²) in [5.41, 5.74) is 1.24.